The maximum atomic E-state index is 13.7. The molecular formula is C32H42F3N5O3. The summed E-state index contributed by atoms with van der Waals surface area (Å²) in [6.45, 7) is 7.42. The van der Waals surface area contributed by atoms with Crippen LogP contribution < -0.4 is 20.3 Å². The Morgan fingerprint density at radius 2 is 1.81 bits per heavy atom. The zero-order valence-corrected chi connectivity index (χ0v) is 25.0. The van der Waals surface area contributed by atoms with Gasteiger partial charge in [0, 0.05) is 49.7 Å². The number of nitrogens with one attached hydrogen (secondary N) is 2. The molecule has 3 aliphatic rings. The first kappa shape index (κ1) is 31.1. The van der Waals surface area contributed by atoms with E-state index in [9.17, 15) is 22.8 Å². The smallest absolute Gasteiger partial charge is 0.391 e. The number of pyridine rings is 1. The molecule has 43 heavy (non-hydrogen) atoms. The van der Waals surface area contributed by atoms with Crippen LogP contribution in [0.4, 0.5) is 18.9 Å². The van der Waals surface area contributed by atoms with Gasteiger partial charge in [-0.05, 0) is 76.3 Å². The van der Waals surface area contributed by atoms with E-state index in [1.807, 2.05) is 55.1 Å². The van der Waals surface area contributed by atoms with E-state index in [1.54, 1.807) is 0 Å². The molecule has 0 bridgehead atoms. The average molecular weight is 602 g/mol. The number of halogens is 3. The van der Waals surface area contributed by atoms with Gasteiger partial charge >= 0.3 is 6.18 Å². The van der Waals surface area contributed by atoms with Gasteiger partial charge in [-0.2, -0.15) is 13.2 Å². The summed E-state index contributed by atoms with van der Waals surface area (Å²) >= 11 is 0. The molecule has 1 saturated carbocycles. The molecule has 0 radical (unpaired) electrons. The highest BCUT2D eigenvalue weighted by Gasteiger charge is 2.43. The van der Waals surface area contributed by atoms with Crippen LogP contribution in [0, 0.1) is 11.8 Å². The van der Waals surface area contributed by atoms with Crippen molar-refractivity contribution in [1.29, 1.82) is 0 Å². The number of benzene rings is 1. The Bertz CT molecular complexity index is 1280. The van der Waals surface area contributed by atoms with Gasteiger partial charge in [0.1, 0.15) is 5.75 Å². The fourth-order valence-corrected chi connectivity index (χ4v) is 6.64. The van der Waals surface area contributed by atoms with Crippen LogP contribution in [0.25, 0.3) is 11.3 Å². The molecule has 3 heterocycles. The molecule has 0 spiro atoms. The number of carbonyl (C=O) groups excluding carboxylic acids is 2. The quantitative estimate of drug-likeness (QED) is 0.441. The van der Waals surface area contributed by atoms with E-state index in [1.165, 1.54) is 0 Å². The van der Waals surface area contributed by atoms with Crippen molar-refractivity contribution in [2.45, 2.75) is 70.6 Å². The number of para-hydroxylation sites is 1. The number of carbonyl (C=O) groups is 2. The van der Waals surface area contributed by atoms with Crippen LogP contribution in [-0.4, -0.2) is 79.3 Å². The molecule has 5 rings (SSSR count). The Kier molecular flexibility index (Phi) is 9.78. The third-order valence-corrected chi connectivity index (χ3v) is 9.06. The number of alkyl halides is 3. The first-order valence-electron chi connectivity index (χ1n) is 15.6. The van der Waals surface area contributed by atoms with Crippen molar-refractivity contribution in [3.63, 3.8) is 0 Å². The van der Waals surface area contributed by atoms with Gasteiger partial charge in [0.25, 0.3) is 5.91 Å². The molecule has 8 nitrogen and oxygen atoms in total. The normalized spacial score (nSPS) is 24.6. The number of piperazine rings is 1. The molecule has 234 valence electrons. The summed E-state index contributed by atoms with van der Waals surface area (Å²) in [7, 11) is 0. The SMILES string of the molecule is CCOc1ccccc1-c1ccc(N2CCN(C(=O)[C@H]3CC[C@@H](C(F)(F)F)CC3)C[C@H]2CC)c(C(=O)N[C@@H]2CCNC2)n1. The fraction of sp³-hybridized carbons (Fsp3) is 0.594. The molecule has 2 N–H and O–H groups in total. The van der Waals surface area contributed by atoms with Crippen molar-refractivity contribution >= 4 is 17.5 Å². The predicted octanol–water partition coefficient (Wildman–Crippen LogP) is 5.03. The number of nitrogens with zero attached hydrogens (tertiary/aromatic N) is 3. The van der Waals surface area contributed by atoms with Crippen LogP contribution in [-0.2, 0) is 4.79 Å². The molecule has 3 fully saturated rings. The molecule has 0 unspecified atom stereocenters. The lowest BCUT2D eigenvalue weighted by Crippen LogP contribution is -2.56. The van der Waals surface area contributed by atoms with Crippen LogP contribution in [0.2, 0.25) is 0 Å². The van der Waals surface area contributed by atoms with Gasteiger partial charge in [-0.25, -0.2) is 4.98 Å². The molecule has 2 amide bonds. The molecule has 2 atom stereocenters. The summed E-state index contributed by atoms with van der Waals surface area (Å²) in [6, 6.07) is 11.4. The molecule has 2 aliphatic heterocycles. The maximum absolute atomic E-state index is 13.7. The Hall–Kier alpha value is -3.34. The van der Waals surface area contributed by atoms with E-state index >= 15 is 0 Å². The maximum Gasteiger partial charge on any atom is 0.391 e. The minimum Gasteiger partial charge on any atom is -0.493 e. The minimum atomic E-state index is -4.19. The summed E-state index contributed by atoms with van der Waals surface area (Å²) in [5.41, 5.74) is 2.49. The van der Waals surface area contributed by atoms with Gasteiger partial charge in [0.15, 0.2) is 5.69 Å². The average Bonchev–Trinajstić information content (AvgIpc) is 3.53. The zero-order chi connectivity index (χ0) is 30.6. The molecule has 1 aromatic carbocycles. The van der Waals surface area contributed by atoms with Crippen LogP contribution >= 0.6 is 0 Å². The van der Waals surface area contributed by atoms with Crippen molar-refractivity contribution in [3.05, 3.63) is 42.1 Å². The van der Waals surface area contributed by atoms with E-state index in [0.717, 1.165) is 24.9 Å². The van der Waals surface area contributed by atoms with Crippen LogP contribution in [0.1, 0.15) is 62.9 Å². The van der Waals surface area contributed by atoms with E-state index in [-0.39, 0.29) is 55.5 Å². The first-order valence-corrected chi connectivity index (χ1v) is 15.6. The fourth-order valence-electron chi connectivity index (χ4n) is 6.64. The Morgan fingerprint density at radius 3 is 2.49 bits per heavy atom. The van der Waals surface area contributed by atoms with E-state index in [0.29, 0.717) is 55.6 Å². The van der Waals surface area contributed by atoms with E-state index < -0.39 is 12.1 Å². The number of rotatable bonds is 8. The van der Waals surface area contributed by atoms with Crippen molar-refractivity contribution < 1.29 is 27.5 Å². The van der Waals surface area contributed by atoms with Gasteiger partial charge in [0.2, 0.25) is 5.91 Å². The molecule has 1 aliphatic carbocycles. The predicted molar refractivity (Wildman–Crippen MR) is 159 cm³/mol. The lowest BCUT2D eigenvalue weighted by atomic mass is 9.81. The van der Waals surface area contributed by atoms with Crippen molar-refractivity contribution in [2.24, 2.45) is 11.8 Å². The summed E-state index contributed by atoms with van der Waals surface area (Å²) in [6.07, 6.45) is -2.05. The topological polar surface area (TPSA) is 86.8 Å². The highest BCUT2D eigenvalue weighted by atomic mass is 19.4. The number of hydrogen-bond donors (Lipinski definition) is 2. The number of hydrogen-bond acceptors (Lipinski definition) is 6. The number of aromatic nitrogens is 1. The molecule has 11 heteroatoms. The van der Waals surface area contributed by atoms with Crippen LogP contribution in [0.5, 0.6) is 5.75 Å². The monoisotopic (exact) mass is 601 g/mol. The number of amides is 2. The summed E-state index contributed by atoms with van der Waals surface area (Å²) in [5.74, 6) is -1.27. The van der Waals surface area contributed by atoms with Gasteiger partial charge in [-0.1, -0.05) is 19.1 Å². The van der Waals surface area contributed by atoms with Crippen molar-refractivity contribution in [2.75, 3.05) is 44.2 Å². The van der Waals surface area contributed by atoms with Crippen LogP contribution in [0.3, 0.4) is 0 Å². The largest absolute Gasteiger partial charge is 0.493 e. The molecule has 1 aromatic heterocycles. The first-order chi connectivity index (χ1) is 20.7. The van der Waals surface area contributed by atoms with Gasteiger partial charge < -0.3 is 25.2 Å². The minimum absolute atomic E-state index is 0.0104. The Labute approximate surface area is 251 Å². The molecule has 2 saturated heterocycles. The third-order valence-electron chi connectivity index (χ3n) is 9.06. The zero-order valence-electron chi connectivity index (χ0n) is 25.0. The van der Waals surface area contributed by atoms with Gasteiger partial charge in [-0.15, -0.1) is 0 Å². The second-order valence-electron chi connectivity index (χ2n) is 11.8. The van der Waals surface area contributed by atoms with Crippen molar-refractivity contribution in [3.8, 4) is 17.0 Å². The summed E-state index contributed by atoms with van der Waals surface area (Å²) in [4.78, 5) is 36.0. The summed E-state index contributed by atoms with van der Waals surface area (Å²) < 4.78 is 45.3. The highest BCUT2D eigenvalue weighted by molar-refractivity contribution is 5.99. The van der Waals surface area contributed by atoms with E-state index in [2.05, 4.69) is 15.5 Å². The van der Waals surface area contributed by atoms with Crippen molar-refractivity contribution in [1.82, 2.24) is 20.5 Å². The Balaban J connectivity index is 1.37. The standard InChI is InChI=1S/C32H42F3N5O3/c1-3-24-20-39(31(42)21-9-11-22(12-10-21)32(33,34)35)17-18-40(24)27-14-13-26(25-7-5-6-8-28(25)43-4-2)38-29(27)30(41)37-23-15-16-36-19-23/h5-8,13-14,21-24,36H,3-4,9-12,15-20H2,1-2H3,(H,37,41)/t21-,22+,23-,24-/m1/s1. The lowest BCUT2D eigenvalue weighted by Gasteiger charge is -2.44. The second kappa shape index (κ2) is 13.5. The lowest BCUT2D eigenvalue weighted by molar-refractivity contribution is -0.185. The summed E-state index contributed by atoms with van der Waals surface area (Å²) in [5, 5.41) is 6.42. The highest BCUT2D eigenvalue weighted by Crippen LogP contribution is 2.40. The molecule has 2 aromatic rings. The van der Waals surface area contributed by atoms with Gasteiger partial charge in [0.05, 0.1) is 23.9 Å². The third kappa shape index (κ3) is 7.08. The Morgan fingerprint density at radius 1 is 1.05 bits per heavy atom. The van der Waals surface area contributed by atoms with E-state index in [4.69, 9.17) is 9.72 Å². The molecular weight excluding hydrogens is 559 g/mol. The second-order valence-corrected chi connectivity index (χ2v) is 11.8. The van der Waals surface area contributed by atoms with Gasteiger partial charge in [-0.3, -0.25) is 9.59 Å². The number of anilines is 1. The number of ether oxygens (including phenoxy) is 1. The van der Waals surface area contributed by atoms with Crippen LogP contribution in [0.15, 0.2) is 36.4 Å².